The number of carbonyl (C=O) groups is 2. The smallest absolute Gasteiger partial charge is 0.344 e. The van der Waals surface area contributed by atoms with Gasteiger partial charge in [0, 0.05) is 37.3 Å². The monoisotopic (exact) mass is 806 g/mol. The number of methoxy groups -OCH3 is 1. The quantitative estimate of drug-likeness (QED) is 0.136. The maximum Gasteiger partial charge on any atom is 0.344 e. The number of oxime groups is 1. The first kappa shape index (κ1) is 48.3. The van der Waals surface area contributed by atoms with Crippen molar-refractivity contribution >= 4 is 17.7 Å². The second-order valence-corrected chi connectivity index (χ2v) is 17.3. The second-order valence-electron chi connectivity index (χ2n) is 17.3. The molecule has 0 aromatic carbocycles. The number of rotatable bonds is 10. The van der Waals surface area contributed by atoms with Gasteiger partial charge in [-0.3, -0.25) is 4.79 Å². The zero-order valence-electron chi connectivity index (χ0n) is 35.4. The molecule has 0 bridgehead atoms. The number of likely N-dealkylation sites (N-methyl/N-ethyl adjacent to an activating group) is 1. The van der Waals surface area contributed by atoms with Crippen LogP contribution in [0.25, 0.3) is 0 Å². The molecule has 3 aliphatic rings. The third-order valence-corrected chi connectivity index (χ3v) is 12.2. The number of hydrogen-bond donors (Lipinski definition) is 6. The standard InChI is InChI=1S/C39H70N2O15/c1-14-26-39(10,49)32(45)21(4)29(40-51-18-27(42)43)19(2)16-37(8,48)34(56-36-30(44)25(41(11)12)15-20(3)52-36)22(5)31(23(6)35(47)54-26)55-28-17-38(9,50-13)33(46)24(7)53-28/h19-26,28,30-34,36,44-46,48-49H,14-18H2,1-13H3,(H,42,43)/b40-29+/t19-,20-,21+,22+,23-,24+,25+,26?,28+,30-,31?,32-,33+,34-,36+,37-,38-,39-/m1/s1. The van der Waals surface area contributed by atoms with E-state index in [4.69, 9.17) is 33.3 Å². The molecule has 56 heavy (non-hydrogen) atoms. The summed E-state index contributed by atoms with van der Waals surface area (Å²) in [6.07, 6.45) is -10.1. The van der Waals surface area contributed by atoms with Crippen LogP contribution in [0.15, 0.2) is 5.16 Å². The van der Waals surface area contributed by atoms with Gasteiger partial charge in [-0.1, -0.05) is 32.9 Å². The maximum atomic E-state index is 14.2. The SMILES string of the molecule is CCC1OC(=O)[C@H](C)C(O[C@H]2C[C@@](C)(OC)[C@@H](O)[C@H](C)O2)[C@H](C)[C@@H](O[C@@H]2O[C@H](C)C[C@H](N(C)C)[C@H]2O)[C@](C)(O)C[C@@H](C)/C(=N\OCC(=O)O)[C@H](C)[C@@H](O)[C@]1(C)O. The molecule has 2 unspecified atom stereocenters. The van der Waals surface area contributed by atoms with E-state index in [1.165, 1.54) is 21.0 Å². The van der Waals surface area contributed by atoms with Crippen molar-refractivity contribution < 1.29 is 73.5 Å². The maximum absolute atomic E-state index is 14.2. The van der Waals surface area contributed by atoms with Crippen LogP contribution in [0.1, 0.15) is 94.9 Å². The summed E-state index contributed by atoms with van der Waals surface area (Å²) in [5.74, 6) is -5.80. The number of aliphatic hydroxyl groups excluding tert-OH is 3. The summed E-state index contributed by atoms with van der Waals surface area (Å²) in [7, 11) is 5.14. The van der Waals surface area contributed by atoms with E-state index in [0.717, 1.165) is 0 Å². The van der Waals surface area contributed by atoms with Crippen LogP contribution in [0.3, 0.4) is 0 Å². The first-order valence-electron chi connectivity index (χ1n) is 19.8. The molecular weight excluding hydrogens is 736 g/mol. The third kappa shape index (κ3) is 11.0. The average Bonchev–Trinajstić information content (AvgIpc) is 3.11. The number of cyclic esters (lactones) is 1. The van der Waals surface area contributed by atoms with Gasteiger partial charge in [0.2, 0.25) is 6.61 Å². The molecule has 17 nitrogen and oxygen atoms in total. The van der Waals surface area contributed by atoms with Crippen molar-refractivity contribution in [3.8, 4) is 0 Å². The molecule has 17 heteroatoms. The number of carboxylic acid groups (broad SMARTS) is 1. The Morgan fingerprint density at radius 3 is 2.12 bits per heavy atom. The van der Waals surface area contributed by atoms with Crippen LogP contribution in [0, 0.1) is 23.7 Å². The largest absolute Gasteiger partial charge is 0.479 e. The first-order valence-corrected chi connectivity index (χ1v) is 19.8. The van der Waals surface area contributed by atoms with E-state index in [1.54, 1.807) is 48.5 Å². The summed E-state index contributed by atoms with van der Waals surface area (Å²) < 4.78 is 37.3. The predicted octanol–water partition coefficient (Wildman–Crippen LogP) is 1.67. The highest BCUT2D eigenvalue weighted by molar-refractivity contribution is 5.89. The molecular formula is C39H70N2O15. The Morgan fingerprint density at radius 2 is 1.57 bits per heavy atom. The van der Waals surface area contributed by atoms with E-state index in [2.05, 4.69) is 5.16 Å². The highest BCUT2D eigenvalue weighted by atomic mass is 16.7. The zero-order valence-corrected chi connectivity index (χ0v) is 35.4. The summed E-state index contributed by atoms with van der Waals surface area (Å²) in [5, 5.41) is 72.1. The average molecular weight is 807 g/mol. The van der Waals surface area contributed by atoms with Gasteiger partial charge in [-0.2, -0.15) is 0 Å². The lowest BCUT2D eigenvalue weighted by Crippen LogP contribution is -2.61. The van der Waals surface area contributed by atoms with Crippen LogP contribution < -0.4 is 0 Å². The minimum atomic E-state index is -2.04. The topological polar surface area (TPSA) is 236 Å². The van der Waals surface area contributed by atoms with Crippen LogP contribution in [0.2, 0.25) is 0 Å². The molecule has 0 aromatic heterocycles. The van der Waals surface area contributed by atoms with Crippen molar-refractivity contribution in [3.63, 3.8) is 0 Å². The van der Waals surface area contributed by atoms with Crippen LogP contribution in [0.5, 0.6) is 0 Å². The van der Waals surface area contributed by atoms with Crippen molar-refractivity contribution in [2.75, 3.05) is 27.8 Å². The van der Waals surface area contributed by atoms with Crippen molar-refractivity contribution in [2.45, 2.75) is 179 Å². The number of aliphatic carboxylic acids is 1. The molecule has 3 rings (SSSR count). The second kappa shape index (κ2) is 19.4. The fraction of sp³-hybridized carbons (Fsp3) is 0.923. The van der Waals surface area contributed by atoms with Crippen LogP contribution in [-0.4, -0.2) is 165 Å². The van der Waals surface area contributed by atoms with E-state index >= 15 is 0 Å². The summed E-state index contributed by atoms with van der Waals surface area (Å²) in [6, 6.07) is -0.358. The molecule has 3 aliphatic heterocycles. The van der Waals surface area contributed by atoms with E-state index in [-0.39, 0.29) is 37.1 Å². The Balaban J connectivity index is 2.25. The van der Waals surface area contributed by atoms with E-state index < -0.39 is 114 Å². The fourth-order valence-electron chi connectivity index (χ4n) is 8.76. The normalized spacial score (nSPS) is 46.9. The number of hydrogen-bond acceptors (Lipinski definition) is 16. The lowest BCUT2D eigenvalue weighted by Gasteiger charge is -2.49. The molecule has 0 spiro atoms. The van der Waals surface area contributed by atoms with Gasteiger partial charge in [-0.15, -0.1) is 0 Å². The summed E-state index contributed by atoms with van der Waals surface area (Å²) in [6.45, 7) is 15.6. The molecule has 6 N–H and O–H groups in total. The van der Waals surface area contributed by atoms with Crippen molar-refractivity contribution in [3.05, 3.63) is 0 Å². The number of ether oxygens (including phenoxy) is 6. The highest BCUT2D eigenvalue weighted by Gasteiger charge is 2.53. The molecule has 326 valence electrons. The molecule has 0 aromatic rings. The van der Waals surface area contributed by atoms with Gasteiger partial charge in [0.1, 0.15) is 23.9 Å². The van der Waals surface area contributed by atoms with Crippen molar-refractivity contribution in [1.82, 2.24) is 4.90 Å². The van der Waals surface area contributed by atoms with E-state index in [1.807, 2.05) is 25.9 Å². The fourth-order valence-corrected chi connectivity index (χ4v) is 8.76. The number of aliphatic hydroxyl groups is 5. The van der Waals surface area contributed by atoms with Gasteiger partial charge >= 0.3 is 11.9 Å². The minimum absolute atomic E-state index is 0.0674. The highest BCUT2D eigenvalue weighted by Crippen LogP contribution is 2.41. The number of carbonyl (C=O) groups excluding carboxylic acids is 1. The molecule has 0 saturated carbocycles. The van der Waals surface area contributed by atoms with Crippen molar-refractivity contribution in [1.29, 1.82) is 0 Å². The Bertz CT molecular complexity index is 1330. The number of nitrogens with zero attached hydrogens (tertiary/aromatic N) is 2. The van der Waals surface area contributed by atoms with Gasteiger partial charge in [0.25, 0.3) is 0 Å². The predicted molar refractivity (Wildman–Crippen MR) is 202 cm³/mol. The molecule has 18 atom stereocenters. The molecule has 0 aliphatic carbocycles. The molecule has 0 amide bonds. The number of carboxylic acids is 1. The van der Waals surface area contributed by atoms with Crippen LogP contribution >= 0.6 is 0 Å². The van der Waals surface area contributed by atoms with Crippen LogP contribution in [-0.2, 0) is 42.8 Å². The Hall–Kier alpha value is -2.03. The first-order chi connectivity index (χ1) is 25.8. The van der Waals surface area contributed by atoms with Crippen LogP contribution in [0.4, 0.5) is 0 Å². The molecule has 0 radical (unpaired) electrons. The van der Waals surface area contributed by atoms with Gasteiger partial charge < -0.3 is 68.8 Å². The van der Waals surface area contributed by atoms with Crippen molar-refractivity contribution in [2.24, 2.45) is 28.8 Å². The zero-order chi connectivity index (χ0) is 42.7. The minimum Gasteiger partial charge on any atom is -0.479 e. The molecule has 3 fully saturated rings. The molecule has 3 heterocycles. The van der Waals surface area contributed by atoms with Gasteiger partial charge in [-0.05, 0) is 74.9 Å². The summed E-state index contributed by atoms with van der Waals surface area (Å²) in [5.41, 5.74) is -4.83. The summed E-state index contributed by atoms with van der Waals surface area (Å²) in [4.78, 5) is 32.7. The van der Waals surface area contributed by atoms with Gasteiger partial charge in [0.15, 0.2) is 12.6 Å². The third-order valence-electron chi connectivity index (χ3n) is 12.2. The van der Waals surface area contributed by atoms with E-state index in [9.17, 15) is 40.2 Å². The van der Waals surface area contributed by atoms with E-state index in [0.29, 0.717) is 6.42 Å². The molecule has 3 saturated heterocycles. The Morgan fingerprint density at radius 1 is 0.946 bits per heavy atom. The Labute approximate surface area is 331 Å². The summed E-state index contributed by atoms with van der Waals surface area (Å²) >= 11 is 0. The van der Waals surface area contributed by atoms with Gasteiger partial charge in [-0.25, -0.2) is 4.79 Å². The lowest BCUT2D eigenvalue weighted by molar-refractivity contribution is -0.317. The lowest BCUT2D eigenvalue weighted by atomic mass is 9.73. The number of esters is 1. The Kier molecular flexibility index (Phi) is 16.7. The van der Waals surface area contributed by atoms with Gasteiger partial charge in [0.05, 0.1) is 53.4 Å².